The number of methoxy groups -OCH3 is 2. The second-order valence-corrected chi connectivity index (χ2v) is 11.6. The molecular weight excluding hydrogens is 675 g/mol. The molecule has 1 atom stereocenters. The number of thiazole rings is 1. The Kier molecular flexibility index (Phi) is 8.14. The molecule has 3 aromatic rings. The molecular formula is C26H24BrIN2O6S. The number of ether oxygens (including phenoxy) is 3. The molecule has 0 fully saturated rings. The van der Waals surface area contributed by atoms with Crippen molar-refractivity contribution in [2.75, 3.05) is 14.2 Å². The first-order chi connectivity index (χ1) is 17.5. The first kappa shape index (κ1) is 27.4. The Morgan fingerprint density at radius 1 is 1.22 bits per heavy atom. The predicted molar refractivity (Wildman–Crippen MR) is 153 cm³/mol. The molecule has 11 heteroatoms. The van der Waals surface area contributed by atoms with Crippen LogP contribution in [0.15, 0.2) is 55.9 Å². The predicted octanol–water partition coefficient (Wildman–Crippen LogP) is 4.28. The molecule has 2 aromatic carbocycles. The van der Waals surface area contributed by atoms with Crippen molar-refractivity contribution >= 4 is 61.9 Å². The number of benzene rings is 2. The topological polar surface area (TPSA) is 99.4 Å². The molecule has 2 heterocycles. The lowest BCUT2D eigenvalue weighted by molar-refractivity contribution is -0.143. The number of halogens is 2. The number of phenolic OH excluding ortho intramolecular Hbond substituents is 1. The zero-order valence-electron chi connectivity index (χ0n) is 20.7. The van der Waals surface area contributed by atoms with E-state index in [2.05, 4.69) is 20.9 Å². The molecule has 0 saturated heterocycles. The third kappa shape index (κ3) is 5.34. The van der Waals surface area contributed by atoms with Gasteiger partial charge in [0.05, 0.1) is 39.7 Å². The summed E-state index contributed by atoms with van der Waals surface area (Å²) >= 11 is 6.72. The number of allylic oxidation sites excluding steroid dienone is 1. The lowest BCUT2D eigenvalue weighted by Gasteiger charge is -2.26. The van der Waals surface area contributed by atoms with Crippen LogP contribution in [0.1, 0.15) is 37.9 Å². The van der Waals surface area contributed by atoms with E-state index in [0.717, 1.165) is 4.47 Å². The minimum atomic E-state index is -0.813. The van der Waals surface area contributed by atoms with Gasteiger partial charge in [-0.25, -0.2) is 9.79 Å². The van der Waals surface area contributed by atoms with E-state index in [1.807, 2.05) is 34.7 Å². The van der Waals surface area contributed by atoms with Gasteiger partial charge in [-0.2, -0.15) is 0 Å². The number of nitrogens with zero attached hydrogens (tertiary/aromatic N) is 2. The second kappa shape index (κ2) is 11.0. The largest absolute Gasteiger partial charge is 0.504 e. The van der Waals surface area contributed by atoms with E-state index in [1.54, 1.807) is 52.2 Å². The molecule has 8 nitrogen and oxygen atoms in total. The van der Waals surface area contributed by atoms with Gasteiger partial charge in [0, 0.05) is 10.0 Å². The highest BCUT2D eigenvalue weighted by atomic mass is 127. The summed E-state index contributed by atoms with van der Waals surface area (Å²) in [6, 6.07) is 8.03. The van der Waals surface area contributed by atoms with Crippen LogP contribution in [0, 0.1) is 3.57 Å². The molecule has 0 saturated carbocycles. The maximum absolute atomic E-state index is 13.9. The van der Waals surface area contributed by atoms with Crippen molar-refractivity contribution in [2.24, 2.45) is 4.99 Å². The fraction of sp³-hybridized carbons (Fsp3) is 0.269. The van der Waals surface area contributed by atoms with Gasteiger partial charge in [0.25, 0.3) is 5.56 Å². The molecule has 0 radical (unpaired) electrons. The molecule has 0 unspecified atom stereocenters. The van der Waals surface area contributed by atoms with E-state index in [9.17, 15) is 14.7 Å². The lowest BCUT2D eigenvalue weighted by Crippen LogP contribution is -2.40. The molecule has 0 amide bonds. The van der Waals surface area contributed by atoms with Gasteiger partial charge in [-0.1, -0.05) is 27.3 Å². The van der Waals surface area contributed by atoms with Gasteiger partial charge in [-0.15, -0.1) is 0 Å². The van der Waals surface area contributed by atoms with Crippen LogP contribution >= 0.6 is 49.9 Å². The smallest absolute Gasteiger partial charge is 0.338 e. The van der Waals surface area contributed by atoms with E-state index in [-0.39, 0.29) is 23.0 Å². The summed E-state index contributed by atoms with van der Waals surface area (Å²) in [5.74, 6) is 0.310. The number of carbonyl (C=O) groups excluding carboxylic acids is 1. The van der Waals surface area contributed by atoms with E-state index >= 15 is 0 Å². The van der Waals surface area contributed by atoms with Gasteiger partial charge >= 0.3 is 5.97 Å². The number of aromatic hydroxyl groups is 1. The molecule has 4 rings (SSSR count). The van der Waals surface area contributed by atoms with Crippen LogP contribution in [0.4, 0.5) is 0 Å². The van der Waals surface area contributed by atoms with Crippen molar-refractivity contribution in [3.8, 4) is 17.2 Å². The number of esters is 1. The van der Waals surface area contributed by atoms with E-state index in [1.165, 1.54) is 23.0 Å². The number of rotatable bonds is 6. The first-order valence-corrected chi connectivity index (χ1v) is 13.9. The maximum Gasteiger partial charge on any atom is 0.338 e. The SMILES string of the molecule is COc1ccc(Br)cc1[C@H]1C(C(=O)OC(C)C)=C(C)N=c2s/c(=C\c3cc(I)c(O)c(OC)c3)c(=O)n21. The highest BCUT2D eigenvalue weighted by Gasteiger charge is 2.35. The van der Waals surface area contributed by atoms with E-state index < -0.39 is 12.0 Å². The summed E-state index contributed by atoms with van der Waals surface area (Å²) in [5.41, 5.74) is 1.71. The van der Waals surface area contributed by atoms with E-state index in [4.69, 9.17) is 14.2 Å². The summed E-state index contributed by atoms with van der Waals surface area (Å²) < 4.78 is 19.7. The third-order valence-electron chi connectivity index (χ3n) is 5.64. The highest BCUT2D eigenvalue weighted by molar-refractivity contribution is 14.1. The van der Waals surface area contributed by atoms with Crippen molar-refractivity contribution in [2.45, 2.75) is 32.9 Å². The Morgan fingerprint density at radius 2 is 1.92 bits per heavy atom. The van der Waals surface area contributed by atoms with Crippen molar-refractivity contribution in [1.82, 2.24) is 4.57 Å². The Morgan fingerprint density at radius 3 is 2.57 bits per heavy atom. The molecule has 1 aliphatic rings. The average molecular weight is 699 g/mol. The summed E-state index contributed by atoms with van der Waals surface area (Å²) in [7, 11) is 3.01. The molecule has 0 bridgehead atoms. The van der Waals surface area contributed by atoms with Gasteiger partial charge in [-0.05, 0) is 85.3 Å². The number of hydrogen-bond donors (Lipinski definition) is 1. The summed E-state index contributed by atoms with van der Waals surface area (Å²) in [4.78, 5) is 32.2. The Labute approximate surface area is 239 Å². The minimum absolute atomic E-state index is 0.0346. The van der Waals surface area contributed by atoms with Crippen LogP contribution in [0.5, 0.6) is 17.2 Å². The van der Waals surface area contributed by atoms with Crippen LogP contribution in [0.25, 0.3) is 6.08 Å². The quantitative estimate of drug-likeness (QED) is 0.305. The fourth-order valence-corrected chi connectivity index (χ4v) is 6.11. The Bertz CT molecular complexity index is 1610. The second-order valence-electron chi connectivity index (χ2n) is 8.48. The molecule has 1 aliphatic heterocycles. The standard InChI is InChI=1S/C26H24BrIN2O6S/c1-12(2)36-25(33)21-13(3)29-26-30(22(21)16-11-15(27)6-7-18(16)34-4)24(32)20(37-26)10-14-8-17(28)23(31)19(9-14)35-5/h6-12,22,31H,1-5H3/b20-10-/t22-/m0/s1. The van der Waals surface area contributed by atoms with Gasteiger partial charge in [0.2, 0.25) is 0 Å². The number of fused-ring (bicyclic) bond motifs is 1. The van der Waals surface area contributed by atoms with Gasteiger partial charge in [0.15, 0.2) is 16.3 Å². The Hall–Kier alpha value is -2.64. The minimum Gasteiger partial charge on any atom is -0.504 e. The molecule has 194 valence electrons. The molecule has 1 N–H and O–H groups in total. The van der Waals surface area contributed by atoms with Crippen LogP contribution < -0.4 is 24.4 Å². The number of aromatic nitrogens is 1. The van der Waals surface area contributed by atoms with E-state index in [0.29, 0.717) is 41.2 Å². The average Bonchev–Trinajstić information content (AvgIpc) is 3.14. The summed E-state index contributed by atoms with van der Waals surface area (Å²) in [6.07, 6.45) is 1.36. The van der Waals surface area contributed by atoms with Crippen molar-refractivity contribution in [3.63, 3.8) is 0 Å². The van der Waals surface area contributed by atoms with Crippen LogP contribution in [-0.2, 0) is 9.53 Å². The van der Waals surface area contributed by atoms with Gasteiger partial charge in [-0.3, -0.25) is 9.36 Å². The van der Waals surface area contributed by atoms with Gasteiger partial charge in [0.1, 0.15) is 11.8 Å². The highest BCUT2D eigenvalue weighted by Crippen LogP contribution is 2.37. The van der Waals surface area contributed by atoms with Gasteiger partial charge < -0.3 is 19.3 Å². The lowest BCUT2D eigenvalue weighted by atomic mass is 9.95. The van der Waals surface area contributed by atoms with Crippen LogP contribution in [0.3, 0.4) is 0 Å². The molecule has 0 spiro atoms. The fourth-order valence-electron chi connectivity index (χ4n) is 4.06. The Balaban J connectivity index is 2.00. The normalized spacial score (nSPS) is 15.5. The maximum atomic E-state index is 13.9. The zero-order chi connectivity index (χ0) is 27.0. The van der Waals surface area contributed by atoms with Crippen molar-refractivity contribution in [3.05, 3.63) is 80.5 Å². The number of hydrogen-bond acceptors (Lipinski definition) is 8. The number of phenols is 1. The number of carbonyl (C=O) groups is 1. The monoisotopic (exact) mass is 698 g/mol. The van der Waals surface area contributed by atoms with Crippen LogP contribution in [0.2, 0.25) is 0 Å². The molecule has 37 heavy (non-hydrogen) atoms. The van der Waals surface area contributed by atoms with Crippen LogP contribution in [-0.4, -0.2) is 36.0 Å². The summed E-state index contributed by atoms with van der Waals surface area (Å²) in [5, 5.41) is 10.2. The third-order valence-corrected chi connectivity index (χ3v) is 7.94. The zero-order valence-corrected chi connectivity index (χ0v) is 25.2. The first-order valence-electron chi connectivity index (χ1n) is 11.2. The summed E-state index contributed by atoms with van der Waals surface area (Å²) in [6.45, 7) is 5.27. The van der Waals surface area contributed by atoms with Crippen molar-refractivity contribution < 1.29 is 24.1 Å². The molecule has 1 aromatic heterocycles. The van der Waals surface area contributed by atoms with Crippen molar-refractivity contribution in [1.29, 1.82) is 0 Å². The molecule has 0 aliphatic carbocycles.